The highest BCUT2D eigenvalue weighted by Crippen LogP contribution is 2.33. The minimum Gasteiger partial charge on any atom is -0.305 e. The number of rotatable bonds is 5. The van der Waals surface area contributed by atoms with Gasteiger partial charge in [0.25, 0.3) is 0 Å². The zero-order valence-electron chi connectivity index (χ0n) is 13.1. The van der Waals surface area contributed by atoms with Gasteiger partial charge in [-0.2, -0.15) is 0 Å². The summed E-state index contributed by atoms with van der Waals surface area (Å²) in [6.45, 7) is 7.60. The highest BCUT2D eigenvalue weighted by Gasteiger charge is 2.22. The van der Waals surface area contributed by atoms with Crippen LogP contribution in [-0.2, 0) is 12.8 Å². The molecule has 0 saturated heterocycles. The SMILES string of the molecule is CCNC(c1ccc(C(C)C)cc1)c1nc2c(s1)CCC2. The van der Waals surface area contributed by atoms with Gasteiger partial charge < -0.3 is 5.32 Å². The van der Waals surface area contributed by atoms with Crippen molar-refractivity contribution in [2.75, 3.05) is 6.54 Å². The van der Waals surface area contributed by atoms with E-state index in [-0.39, 0.29) is 6.04 Å². The van der Waals surface area contributed by atoms with Gasteiger partial charge in [0, 0.05) is 4.88 Å². The van der Waals surface area contributed by atoms with Gasteiger partial charge in [0.1, 0.15) is 5.01 Å². The Balaban J connectivity index is 1.89. The monoisotopic (exact) mass is 300 g/mol. The van der Waals surface area contributed by atoms with Crippen molar-refractivity contribution in [3.8, 4) is 0 Å². The van der Waals surface area contributed by atoms with Crippen molar-refractivity contribution < 1.29 is 0 Å². The minimum absolute atomic E-state index is 0.242. The Morgan fingerprint density at radius 3 is 2.48 bits per heavy atom. The second-order valence-electron chi connectivity index (χ2n) is 6.09. The van der Waals surface area contributed by atoms with Crippen molar-refractivity contribution in [1.29, 1.82) is 0 Å². The molecule has 0 bridgehead atoms. The van der Waals surface area contributed by atoms with Crippen LogP contribution in [0.4, 0.5) is 0 Å². The normalized spacial score (nSPS) is 15.4. The van der Waals surface area contributed by atoms with Crippen LogP contribution in [0.15, 0.2) is 24.3 Å². The maximum absolute atomic E-state index is 4.90. The van der Waals surface area contributed by atoms with E-state index in [2.05, 4.69) is 50.4 Å². The van der Waals surface area contributed by atoms with E-state index in [0.29, 0.717) is 5.92 Å². The molecular weight excluding hydrogens is 276 g/mol. The molecule has 1 aromatic heterocycles. The molecule has 21 heavy (non-hydrogen) atoms. The lowest BCUT2D eigenvalue weighted by Crippen LogP contribution is -2.22. The van der Waals surface area contributed by atoms with E-state index in [1.165, 1.54) is 39.5 Å². The summed E-state index contributed by atoms with van der Waals surface area (Å²) in [5.41, 5.74) is 4.07. The summed E-state index contributed by atoms with van der Waals surface area (Å²) in [6, 6.07) is 9.27. The number of hydrogen-bond acceptors (Lipinski definition) is 3. The largest absolute Gasteiger partial charge is 0.305 e. The van der Waals surface area contributed by atoms with Gasteiger partial charge in [-0.25, -0.2) is 4.98 Å². The molecule has 3 heteroatoms. The smallest absolute Gasteiger partial charge is 0.115 e. The molecule has 1 aliphatic carbocycles. The summed E-state index contributed by atoms with van der Waals surface area (Å²) in [5.74, 6) is 0.584. The molecule has 1 heterocycles. The molecule has 1 unspecified atom stereocenters. The van der Waals surface area contributed by atoms with E-state index in [0.717, 1.165) is 13.0 Å². The fraction of sp³-hybridized carbons (Fsp3) is 0.500. The first-order chi connectivity index (χ1) is 10.2. The first-order valence-corrected chi connectivity index (χ1v) is 8.82. The van der Waals surface area contributed by atoms with Gasteiger partial charge in [-0.15, -0.1) is 11.3 Å². The molecule has 0 amide bonds. The summed E-state index contributed by atoms with van der Waals surface area (Å²) in [6.07, 6.45) is 3.67. The summed E-state index contributed by atoms with van der Waals surface area (Å²) < 4.78 is 0. The minimum atomic E-state index is 0.242. The zero-order valence-corrected chi connectivity index (χ0v) is 14.0. The third-order valence-corrected chi connectivity index (χ3v) is 5.43. The molecule has 0 radical (unpaired) electrons. The van der Waals surface area contributed by atoms with Crippen molar-refractivity contribution in [2.24, 2.45) is 0 Å². The van der Waals surface area contributed by atoms with Gasteiger partial charge in [-0.3, -0.25) is 0 Å². The Labute approximate surface area is 131 Å². The fourth-order valence-electron chi connectivity index (χ4n) is 2.96. The van der Waals surface area contributed by atoms with Crippen LogP contribution in [0.3, 0.4) is 0 Å². The molecule has 2 nitrogen and oxygen atoms in total. The highest BCUT2D eigenvalue weighted by molar-refractivity contribution is 7.11. The lowest BCUT2D eigenvalue weighted by molar-refractivity contribution is 0.624. The number of aryl methyl sites for hydroxylation is 2. The second kappa shape index (κ2) is 6.29. The van der Waals surface area contributed by atoms with Crippen LogP contribution in [0.1, 0.15) is 65.9 Å². The number of fused-ring (bicyclic) bond motifs is 1. The van der Waals surface area contributed by atoms with E-state index in [4.69, 9.17) is 4.98 Å². The zero-order chi connectivity index (χ0) is 14.8. The average Bonchev–Trinajstić information content (AvgIpc) is 3.06. The van der Waals surface area contributed by atoms with Crippen LogP contribution in [0.5, 0.6) is 0 Å². The van der Waals surface area contributed by atoms with Crippen LogP contribution in [-0.4, -0.2) is 11.5 Å². The lowest BCUT2D eigenvalue weighted by atomic mass is 9.99. The van der Waals surface area contributed by atoms with Gasteiger partial charge in [0.2, 0.25) is 0 Å². The van der Waals surface area contributed by atoms with Gasteiger partial charge in [-0.1, -0.05) is 45.0 Å². The number of nitrogens with zero attached hydrogens (tertiary/aromatic N) is 1. The fourth-order valence-corrected chi connectivity index (χ4v) is 4.22. The summed E-state index contributed by atoms with van der Waals surface area (Å²) in [4.78, 5) is 6.41. The van der Waals surface area contributed by atoms with Gasteiger partial charge in [0.05, 0.1) is 11.7 Å². The predicted octanol–water partition coefficient (Wildman–Crippen LogP) is 4.45. The Hall–Kier alpha value is -1.19. The standard InChI is InChI=1S/C18H24N2S/c1-4-19-17(14-10-8-13(9-11-14)12(2)3)18-20-15-6-5-7-16(15)21-18/h8-12,17,19H,4-7H2,1-3H3. The number of benzene rings is 1. The quantitative estimate of drug-likeness (QED) is 0.882. The van der Waals surface area contributed by atoms with Crippen molar-refractivity contribution >= 4 is 11.3 Å². The molecule has 1 atom stereocenters. The summed E-state index contributed by atoms with van der Waals surface area (Å²) >= 11 is 1.90. The van der Waals surface area contributed by atoms with Gasteiger partial charge in [-0.05, 0) is 42.9 Å². The first-order valence-electron chi connectivity index (χ1n) is 8.00. The van der Waals surface area contributed by atoms with E-state index in [1.54, 1.807) is 0 Å². The van der Waals surface area contributed by atoms with Crippen LogP contribution < -0.4 is 5.32 Å². The molecule has 0 aliphatic heterocycles. The number of thiazole rings is 1. The molecule has 0 spiro atoms. The van der Waals surface area contributed by atoms with Gasteiger partial charge in [0.15, 0.2) is 0 Å². The number of hydrogen-bond donors (Lipinski definition) is 1. The van der Waals surface area contributed by atoms with Crippen LogP contribution in [0.25, 0.3) is 0 Å². The Kier molecular flexibility index (Phi) is 4.41. The maximum Gasteiger partial charge on any atom is 0.115 e. The third kappa shape index (κ3) is 3.04. The summed E-state index contributed by atoms with van der Waals surface area (Å²) in [5, 5.41) is 4.84. The van der Waals surface area contributed by atoms with E-state index in [1.807, 2.05) is 11.3 Å². The van der Waals surface area contributed by atoms with Crippen LogP contribution in [0.2, 0.25) is 0 Å². The van der Waals surface area contributed by atoms with Gasteiger partial charge >= 0.3 is 0 Å². The maximum atomic E-state index is 4.90. The second-order valence-corrected chi connectivity index (χ2v) is 7.20. The molecule has 0 saturated carbocycles. The van der Waals surface area contributed by atoms with E-state index < -0.39 is 0 Å². The van der Waals surface area contributed by atoms with Crippen molar-refractivity contribution in [3.63, 3.8) is 0 Å². The van der Waals surface area contributed by atoms with E-state index in [9.17, 15) is 0 Å². The lowest BCUT2D eigenvalue weighted by Gasteiger charge is -2.17. The first kappa shape index (κ1) is 14.7. The van der Waals surface area contributed by atoms with Crippen molar-refractivity contribution in [2.45, 2.75) is 52.0 Å². The number of aromatic nitrogens is 1. The van der Waals surface area contributed by atoms with Crippen LogP contribution in [0, 0.1) is 0 Å². The molecule has 112 valence electrons. The molecular formula is C18H24N2S. The Bertz CT molecular complexity index is 577. The summed E-state index contributed by atoms with van der Waals surface area (Å²) in [7, 11) is 0. The third-order valence-electron chi connectivity index (χ3n) is 4.20. The molecule has 3 rings (SSSR count). The molecule has 1 N–H and O–H groups in total. The van der Waals surface area contributed by atoms with Crippen molar-refractivity contribution in [3.05, 3.63) is 51.0 Å². The van der Waals surface area contributed by atoms with Crippen LogP contribution >= 0.6 is 11.3 Å². The molecule has 2 aromatic rings. The topological polar surface area (TPSA) is 24.9 Å². The molecule has 0 fully saturated rings. The Morgan fingerprint density at radius 1 is 1.14 bits per heavy atom. The average molecular weight is 300 g/mol. The Morgan fingerprint density at radius 2 is 1.86 bits per heavy atom. The molecule has 1 aromatic carbocycles. The predicted molar refractivity (Wildman–Crippen MR) is 90.2 cm³/mol. The molecule has 1 aliphatic rings. The number of nitrogens with one attached hydrogen (secondary N) is 1. The van der Waals surface area contributed by atoms with Crippen molar-refractivity contribution in [1.82, 2.24) is 10.3 Å². The highest BCUT2D eigenvalue weighted by atomic mass is 32.1. The van der Waals surface area contributed by atoms with E-state index >= 15 is 0 Å².